The summed E-state index contributed by atoms with van der Waals surface area (Å²) >= 11 is 0. The first-order valence-corrected chi connectivity index (χ1v) is 12.4. The lowest BCUT2D eigenvalue weighted by atomic mass is 9.78. The van der Waals surface area contributed by atoms with Crippen LogP contribution in [-0.2, 0) is 9.59 Å². The number of Topliss-reactive ketones (excluding diaryl/α,β-unsaturated/α-hetero) is 1. The number of esters is 1. The minimum absolute atomic E-state index is 0.0564. The molecule has 1 aliphatic carbocycles. The van der Waals surface area contributed by atoms with Crippen molar-refractivity contribution in [2.45, 2.75) is 38.6 Å². The molecule has 7 heteroatoms. The Balaban J connectivity index is 1.57. The zero-order valence-electron chi connectivity index (χ0n) is 21.2. The number of benzene rings is 3. The Morgan fingerprint density at radius 1 is 0.946 bits per heavy atom. The fourth-order valence-corrected chi connectivity index (χ4v) is 5.07. The van der Waals surface area contributed by atoms with Gasteiger partial charge in [0, 0.05) is 24.6 Å². The third kappa shape index (κ3) is 5.03. The molecule has 0 bridgehead atoms. The summed E-state index contributed by atoms with van der Waals surface area (Å²) in [4.78, 5) is 25.4. The molecule has 37 heavy (non-hydrogen) atoms. The number of allylic oxidation sites excluding steroid dienone is 1. The minimum atomic E-state index is -0.420. The van der Waals surface area contributed by atoms with E-state index in [0.29, 0.717) is 36.5 Å². The summed E-state index contributed by atoms with van der Waals surface area (Å²) in [6.07, 6.45) is 1.11. The Morgan fingerprint density at radius 2 is 1.68 bits per heavy atom. The van der Waals surface area contributed by atoms with Gasteiger partial charge in [-0.15, -0.1) is 0 Å². The first-order valence-electron chi connectivity index (χ1n) is 12.4. The van der Waals surface area contributed by atoms with Gasteiger partial charge in [0.2, 0.25) is 0 Å². The quantitative estimate of drug-likeness (QED) is 0.318. The van der Waals surface area contributed by atoms with Crippen LogP contribution in [0.5, 0.6) is 17.2 Å². The van der Waals surface area contributed by atoms with Gasteiger partial charge in [0.1, 0.15) is 5.75 Å². The third-order valence-electron chi connectivity index (χ3n) is 6.75. The molecule has 190 valence electrons. The molecule has 0 amide bonds. The van der Waals surface area contributed by atoms with Gasteiger partial charge in [0.05, 0.1) is 31.1 Å². The van der Waals surface area contributed by atoms with Gasteiger partial charge in [-0.1, -0.05) is 30.3 Å². The number of anilines is 2. The number of hydrogen-bond acceptors (Lipinski definition) is 7. The molecule has 0 spiro atoms. The molecule has 7 nitrogen and oxygen atoms in total. The Hall–Kier alpha value is -4.26. The predicted molar refractivity (Wildman–Crippen MR) is 142 cm³/mol. The Morgan fingerprint density at radius 3 is 2.38 bits per heavy atom. The van der Waals surface area contributed by atoms with Crippen LogP contribution in [0.4, 0.5) is 11.4 Å². The molecular formula is C30H30N2O5. The Labute approximate surface area is 216 Å². The number of carbonyl (C=O) groups is 2. The van der Waals surface area contributed by atoms with E-state index in [4.69, 9.17) is 14.2 Å². The molecule has 0 radical (unpaired) electrons. The first-order chi connectivity index (χ1) is 18.0. The Kier molecular flexibility index (Phi) is 6.86. The molecule has 0 aromatic heterocycles. The van der Waals surface area contributed by atoms with Gasteiger partial charge in [-0.25, -0.2) is 0 Å². The highest BCUT2D eigenvalue weighted by Crippen LogP contribution is 2.45. The van der Waals surface area contributed by atoms with Crippen LogP contribution in [0.2, 0.25) is 0 Å². The average Bonchev–Trinajstić information content (AvgIpc) is 3.06. The van der Waals surface area contributed by atoms with Gasteiger partial charge in [-0.2, -0.15) is 0 Å². The number of ketones is 1. The minimum Gasteiger partial charge on any atom is -0.497 e. The van der Waals surface area contributed by atoms with Crippen LogP contribution in [0, 0.1) is 0 Å². The fraction of sp³-hybridized carbons (Fsp3) is 0.267. The molecule has 1 heterocycles. The maximum absolute atomic E-state index is 13.8. The van der Waals surface area contributed by atoms with Crippen LogP contribution in [0.15, 0.2) is 78.0 Å². The second-order valence-electron chi connectivity index (χ2n) is 9.17. The van der Waals surface area contributed by atoms with Crippen molar-refractivity contribution in [2.24, 2.45) is 0 Å². The molecule has 0 unspecified atom stereocenters. The summed E-state index contributed by atoms with van der Waals surface area (Å²) in [5.74, 6) is 1.33. The van der Waals surface area contributed by atoms with Crippen LogP contribution in [-0.4, -0.2) is 25.5 Å². The summed E-state index contributed by atoms with van der Waals surface area (Å²) in [5, 5.41) is 7.15. The highest BCUT2D eigenvalue weighted by atomic mass is 16.6. The van der Waals surface area contributed by atoms with E-state index in [1.807, 2.05) is 67.6 Å². The van der Waals surface area contributed by atoms with Crippen LogP contribution >= 0.6 is 0 Å². The monoisotopic (exact) mass is 498 g/mol. The van der Waals surface area contributed by atoms with Crippen molar-refractivity contribution in [1.82, 2.24) is 0 Å². The highest BCUT2D eigenvalue weighted by molar-refractivity contribution is 6.01. The van der Waals surface area contributed by atoms with E-state index in [-0.39, 0.29) is 11.7 Å². The van der Waals surface area contributed by atoms with Gasteiger partial charge in [0.25, 0.3) is 0 Å². The number of para-hydroxylation sites is 2. The summed E-state index contributed by atoms with van der Waals surface area (Å²) in [5.41, 5.74) is 5.39. The lowest BCUT2D eigenvalue weighted by Crippen LogP contribution is -2.27. The molecule has 2 N–H and O–H groups in total. The molecule has 3 aromatic rings. The SMILES string of the molecule is CCOc1cc([C@H]2Nc3ccccc3NC3=C2C(=O)C[C@H](c2ccc(OC)cc2)C3)ccc1OC(C)=O. The molecule has 2 aliphatic rings. The summed E-state index contributed by atoms with van der Waals surface area (Å²) in [7, 11) is 1.64. The average molecular weight is 499 g/mol. The standard InChI is InChI=1S/C30H30N2O5/c1-4-36-28-17-20(11-14-27(28)37-18(2)33)30-29-25(31-23-7-5-6-8-24(23)32-30)15-21(16-26(29)34)19-9-12-22(35-3)13-10-19/h5-14,17,21,30-32H,4,15-16H2,1-3H3/t21-,30-/m1/s1. The van der Waals surface area contributed by atoms with Gasteiger partial charge in [-0.3, -0.25) is 9.59 Å². The van der Waals surface area contributed by atoms with Crippen LogP contribution in [0.25, 0.3) is 0 Å². The highest BCUT2D eigenvalue weighted by Gasteiger charge is 2.36. The molecule has 2 atom stereocenters. The number of carbonyl (C=O) groups excluding carboxylic acids is 2. The van der Waals surface area contributed by atoms with E-state index in [1.54, 1.807) is 13.2 Å². The zero-order valence-corrected chi connectivity index (χ0v) is 21.2. The molecule has 5 rings (SSSR count). The third-order valence-corrected chi connectivity index (χ3v) is 6.75. The normalized spacial score (nSPS) is 18.5. The number of nitrogens with one attached hydrogen (secondary N) is 2. The van der Waals surface area contributed by atoms with E-state index in [9.17, 15) is 9.59 Å². The van der Waals surface area contributed by atoms with Gasteiger partial charge in [-0.05, 0) is 66.8 Å². The van der Waals surface area contributed by atoms with Crippen molar-refractivity contribution < 1.29 is 23.8 Å². The van der Waals surface area contributed by atoms with E-state index >= 15 is 0 Å². The van der Waals surface area contributed by atoms with Crippen molar-refractivity contribution in [1.29, 1.82) is 0 Å². The van der Waals surface area contributed by atoms with Gasteiger partial charge >= 0.3 is 5.97 Å². The second-order valence-corrected chi connectivity index (χ2v) is 9.17. The van der Waals surface area contributed by atoms with Crippen molar-refractivity contribution >= 4 is 23.1 Å². The van der Waals surface area contributed by atoms with Crippen LogP contribution in [0.1, 0.15) is 49.8 Å². The largest absolute Gasteiger partial charge is 0.497 e. The first kappa shape index (κ1) is 24.4. The topological polar surface area (TPSA) is 85.9 Å². The molecule has 1 aliphatic heterocycles. The number of methoxy groups -OCH3 is 1. The van der Waals surface area contributed by atoms with Crippen LogP contribution < -0.4 is 24.8 Å². The zero-order chi connectivity index (χ0) is 25.9. The van der Waals surface area contributed by atoms with Crippen molar-refractivity contribution in [3.8, 4) is 17.2 Å². The lowest BCUT2D eigenvalue weighted by Gasteiger charge is -2.30. The molecule has 0 fully saturated rings. The lowest BCUT2D eigenvalue weighted by molar-refractivity contribution is -0.132. The van der Waals surface area contributed by atoms with Crippen molar-refractivity contribution in [2.75, 3.05) is 24.4 Å². The second kappa shape index (κ2) is 10.4. The van der Waals surface area contributed by atoms with E-state index in [0.717, 1.165) is 33.9 Å². The molecule has 0 saturated carbocycles. The van der Waals surface area contributed by atoms with Gasteiger partial charge in [0.15, 0.2) is 17.3 Å². The predicted octanol–water partition coefficient (Wildman–Crippen LogP) is 6.00. The van der Waals surface area contributed by atoms with Crippen molar-refractivity contribution in [3.05, 3.63) is 89.1 Å². The summed E-state index contributed by atoms with van der Waals surface area (Å²) in [6, 6.07) is 20.9. The van der Waals surface area contributed by atoms with Crippen LogP contribution in [0.3, 0.4) is 0 Å². The number of rotatable bonds is 6. The smallest absolute Gasteiger partial charge is 0.308 e. The van der Waals surface area contributed by atoms with E-state index in [2.05, 4.69) is 10.6 Å². The summed E-state index contributed by atoms with van der Waals surface area (Å²) in [6.45, 7) is 3.64. The number of fused-ring (bicyclic) bond motifs is 1. The molecule has 0 saturated heterocycles. The Bertz CT molecular complexity index is 1360. The fourth-order valence-electron chi connectivity index (χ4n) is 5.07. The maximum atomic E-state index is 13.8. The number of hydrogen-bond donors (Lipinski definition) is 2. The maximum Gasteiger partial charge on any atom is 0.308 e. The number of ether oxygens (including phenoxy) is 3. The van der Waals surface area contributed by atoms with Gasteiger partial charge < -0.3 is 24.8 Å². The van der Waals surface area contributed by atoms with Crippen molar-refractivity contribution in [3.63, 3.8) is 0 Å². The van der Waals surface area contributed by atoms with E-state index in [1.165, 1.54) is 6.92 Å². The molecular weight excluding hydrogens is 468 g/mol. The summed E-state index contributed by atoms with van der Waals surface area (Å²) < 4.78 is 16.4. The van der Waals surface area contributed by atoms with E-state index < -0.39 is 12.0 Å². The molecule has 3 aromatic carbocycles.